The largest absolute Gasteiger partial charge is 0.481 e. The Morgan fingerprint density at radius 3 is 2.92 bits per heavy atom. The van der Waals surface area contributed by atoms with Crippen LogP contribution < -0.4 is 5.32 Å². The molecule has 0 aliphatic rings. The van der Waals surface area contributed by atoms with Crippen LogP contribution in [0.1, 0.15) is 12.1 Å². The van der Waals surface area contributed by atoms with Crippen molar-refractivity contribution in [2.24, 2.45) is 0 Å². The number of carbonyl (C=O) groups excluding carboxylic acids is 1. The van der Waals surface area contributed by atoms with E-state index in [2.05, 4.69) is 15.3 Å². The molecule has 0 aliphatic heterocycles. The summed E-state index contributed by atoms with van der Waals surface area (Å²) in [4.78, 5) is 27.4. The van der Waals surface area contributed by atoms with Gasteiger partial charge < -0.3 is 15.4 Å². The number of aliphatic carboxylic acids is 1. The number of hydrogen-bond donors (Lipinski definition) is 3. The van der Waals surface area contributed by atoms with Crippen molar-refractivity contribution in [3.63, 3.8) is 0 Å². The molecule has 6 nitrogen and oxygen atoms in total. The van der Waals surface area contributed by atoms with Crippen LogP contribution >= 0.6 is 0 Å². The van der Waals surface area contributed by atoms with E-state index in [-0.39, 0.29) is 6.54 Å². The first kappa shape index (κ1) is 9.24. The van der Waals surface area contributed by atoms with Crippen molar-refractivity contribution in [1.82, 2.24) is 15.3 Å². The first-order valence-electron chi connectivity index (χ1n) is 3.64. The van der Waals surface area contributed by atoms with Crippen LogP contribution in [0.2, 0.25) is 0 Å². The number of aromatic nitrogens is 2. The maximum Gasteiger partial charge on any atom is 0.312 e. The Morgan fingerprint density at radius 2 is 2.38 bits per heavy atom. The summed E-state index contributed by atoms with van der Waals surface area (Å²) in [5.41, 5.74) is 0.735. The van der Waals surface area contributed by atoms with Crippen molar-refractivity contribution in [2.45, 2.75) is 13.0 Å². The average molecular weight is 183 g/mol. The third kappa shape index (κ3) is 3.37. The summed E-state index contributed by atoms with van der Waals surface area (Å²) in [6.07, 6.45) is 2.54. The molecular formula is C7H9N3O3. The quantitative estimate of drug-likeness (QED) is 0.548. The van der Waals surface area contributed by atoms with Gasteiger partial charge in [-0.2, -0.15) is 0 Å². The van der Waals surface area contributed by atoms with Crippen LogP contribution in [0.5, 0.6) is 0 Å². The van der Waals surface area contributed by atoms with Gasteiger partial charge >= 0.3 is 5.97 Å². The van der Waals surface area contributed by atoms with Crippen LogP contribution in [-0.2, 0) is 16.1 Å². The molecule has 1 amide bonds. The molecule has 0 aromatic carbocycles. The SMILES string of the molecule is O=C(O)CC(=O)NCc1cnc[nH]1. The average Bonchev–Trinajstić information content (AvgIpc) is 2.51. The molecule has 0 spiro atoms. The molecule has 0 radical (unpaired) electrons. The lowest BCUT2D eigenvalue weighted by Crippen LogP contribution is -2.25. The van der Waals surface area contributed by atoms with Crippen LogP contribution in [0.25, 0.3) is 0 Å². The number of amides is 1. The van der Waals surface area contributed by atoms with Gasteiger partial charge in [0.15, 0.2) is 0 Å². The highest BCUT2D eigenvalue weighted by Gasteiger charge is 2.06. The Hall–Kier alpha value is -1.85. The predicted molar refractivity (Wildman–Crippen MR) is 42.7 cm³/mol. The maximum absolute atomic E-state index is 10.8. The Balaban J connectivity index is 2.27. The van der Waals surface area contributed by atoms with Gasteiger partial charge in [0.05, 0.1) is 18.6 Å². The molecule has 70 valence electrons. The zero-order chi connectivity index (χ0) is 9.68. The predicted octanol–water partition coefficient (Wildman–Crippen LogP) is -0.499. The number of aromatic amines is 1. The Kier molecular flexibility index (Phi) is 3.02. The van der Waals surface area contributed by atoms with E-state index in [1.54, 1.807) is 6.20 Å². The molecule has 0 saturated carbocycles. The number of rotatable bonds is 4. The number of carboxylic acids is 1. The minimum absolute atomic E-state index is 0.270. The number of carboxylic acid groups (broad SMARTS) is 1. The van der Waals surface area contributed by atoms with E-state index in [9.17, 15) is 9.59 Å². The van der Waals surface area contributed by atoms with Crippen molar-refractivity contribution in [1.29, 1.82) is 0 Å². The maximum atomic E-state index is 10.8. The fourth-order valence-electron chi connectivity index (χ4n) is 0.775. The van der Waals surface area contributed by atoms with Crippen LogP contribution in [-0.4, -0.2) is 27.0 Å². The van der Waals surface area contributed by atoms with E-state index >= 15 is 0 Å². The van der Waals surface area contributed by atoms with Gasteiger partial charge in [-0.3, -0.25) is 9.59 Å². The summed E-state index contributed by atoms with van der Waals surface area (Å²) >= 11 is 0. The summed E-state index contributed by atoms with van der Waals surface area (Å²) in [6.45, 7) is 0.270. The van der Waals surface area contributed by atoms with Gasteiger partial charge in [-0.1, -0.05) is 0 Å². The Labute approximate surface area is 74.0 Å². The van der Waals surface area contributed by atoms with Crippen molar-refractivity contribution >= 4 is 11.9 Å². The lowest BCUT2D eigenvalue weighted by Gasteiger charge is -1.99. The van der Waals surface area contributed by atoms with Gasteiger partial charge in [-0.25, -0.2) is 4.98 Å². The monoisotopic (exact) mass is 183 g/mol. The van der Waals surface area contributed by atoms with Crippen molar-refractivity contribution in [3.05, 3.63) is 18.2 Å². The molecule has 0 atom stereocenters. The van der Waals surface area contributed by atoms with Gasteiger partial charge in [-0.15, -0.1) is 0 Å². The minimum atomic E-state index is -1.14. The first-order chi connectivity index (χ1) is 6.18. The van der Waals surface area contributed by atoms with Gasteiger partial charge in [0.2, 0.25) is 5.91 Å². The van der Waals surface area contributed by atoms with Crippen LogP contribution in [0.3, 0.4) is 0 Å². The Bertz CT molecular complexity index is 294. The molecule has 13 heavy (non-hydrogen) atoms. The van der Waals surface area contributed by atoms with E-state index in [1.165, 1.54) is 6.33 Å². The smallest absolute Gasteiger partial charge is 0.312 e. The number of H-pyrrole nitrogens is 1. The molecule has 0 fully saturated rings. The second kappa shape index (κ2) is 4.24. The molecule has 1 heterocycles. The van der Waals surface area contributed by atoms with Crippen molar-refractivity contribution < 1.29 is 14.7 Å². The van der Waals surface area contributed by atoms with E-state index in [0.717, 1.165) is 5.69 Å². The molecule has 0 aliphatic carbocycles. The first-order valence-corrected chi connectivity index (χ1v) is 3.64. The topological polar surface area (TPSA) is 95.1 Å². The fourth-order valence-corrected chi connectivity index (χ4v) is 0.775. The molecule has 0 unspecified atom stereocenters. The highest BCUT2D eigenvalue weighted by molar-refractivity contribution is 5.93. The number of imidazole rings is 1. The summed E-state index contributed by atoms with van der Waals surface area (Å²) in [5, 5.41) is 10.7. The molecular weight excluding hydrogens is 174 g/mol. The standard InChI is InChI=1S/C7H9N3O3/c11-6(1-7(12)13)9-3-5-2-8-4-10-5/h2,4H,1,3H2,(H,8,10)(H,9,11)(H,12,13). The van der Waals surface area contributed by atoms with E-state index in [1.807, 2.05) is 0 Å². The zero-order valence-electron chi connectivity index (χ0n) is 6.78. The molecule has 1 aromatic rings. The third-order valence-corrected chi connectivity index (χ3v) is 1.34. The summed E-state index contributed by atoms with van der Waals surface area (Å²) in [7, 11) is 0. The van der Waals surface area contributed by atoms with Gasteiger partial charge in [0.25, 0.3) is 0 Å². The fraction of sp³-hybridized carbons (Fsp3) is 0.286. The summed E-state index contributed by atoms with van der Waals surface area (Å²) < 4.78 is 0. The third-order valence-electron chi connectivity index (χ3n) is 1.34. The lowest BCUT2D eigenvalue weighted by molar-refractivity contribution is -0.140. The molecule has 0 saturated heterocycles. The van der Waals surface area contributed by atoms with Crippen molar-refractivity contribution in [2.75, 3.05) is 0 Å². The molecule has 6 heteroatoms. The normalized spacial score (nSPS) is 9.54. The number of nitrogens with zero attached hydrogens (tertiary/aromatic N) is 1. The molecule has 1 rings (SSSR count). The molecule has 0 bridgehead atoms. The van der Waals surface area contributed by atoms with Crippen LogP contribution in [0, 0.1) is 0 Å². The minimum Gasteiger partial charge on any atom is -0.481 e. The molecule has 3 N–H and O–H groups in total. The van der Waals surface area contributed by atoms with Crippen LogP contribution in [0.15, 0.2) is 12.5 Å². The zero-order valence-corrected chi connectivity index (χ0v) is 6.78. The van der Waals surface area contributed by atoms with Gasteiger partial charge in [0, 0.05) is 6.20 Å². The van der Waals surface area contributed by atoms with Gasteiger partial charge in [-0.05, 0) is 0 Å². The summed E-state index contributed by atoms with van der Waals surface area (Å²) in [6, 6.07) is 0. The second-order valence-corrected chi connectivity index (χ2v) is 2.42. The van der Waals surface area contributed by atoms with Gasteiger partial charge in [0.1, 0.15) is 6.42 Å². The number of carbonyl (C=O) groups is 2. The highest BCUT2D eigenvalue weighted by atomic mass is 16.4. The molecule has 1 aromatic heterocycles. The lowest BCUT2D eigenvalue weighted by atomic mass is 10.4. The highest BCUT2D eigenvalue weighted by Crippen LogP contribution is 1.89. The number of nitrogens with one attached hydrogen (secondary N) is 2. The van der Waals surface area contributed by atoms with Crippen LogP contribution in [0.4, 0.5) is 0 Å². The number of hydrogen-bond acceptors (Lipinski definition) is 3. The Morgan fingerprint density at radius 1 is 1.62 bits per heavy atom. The summed E-state index contributed by atoms with van der Waals surface area (Å²) in [5.74, 6) is -1.65. The second-order valence-electron chi connectivity index (χ2n) is 2.42. The van der Waals surface area contributed by atoms with E-state index < -0.39 is 18.3 Å². The van der Waals surface area contributed by atoms with E-state index in [4.69, 9.17) is 5.11 Å². The van der Waals surface area contributed by atoms with Crippen molar-refractivity contribution in [3.8, 4) is 0 Å². The van der Waals surface area contributed by atoms with E-state index in [0.29, 0.717) is 0 Å².